The zero-order chi connectivity index (χ0) is 18.2. The molecule has 0 radical (unpaired) electrons. The molecule has 8 nitrogen and oxygen atoms in total. The van der Waals surface area contributed by atoms with Crippen LogP contribution in [0.3, 0.4) is 0 Å². The van der Waals surface area contributed by atoms with Gasteiger partial charge in [-0.05, 0) is 24.6 Å². The van der Waals surface area contributed by atoms with Gasteiger partial charge in [0.1, 0.15) is 0 Å². The van der Waals surface area contributed by atoms with Crippen LogP contribution in [0.4, 0.5) is 4.79 Å². The Bertz CT molecular complexity index is 788. The van der Waals surface area contributed by atoms with Gasteiger partial charge in [0.05, 0.1) is 20.5 Å². The molecule has 0 bridgehead atoms. The van der Waals surface area contributed by atoms with Crippen molar-refractivity contribution < 1.29 is 14.3 Å². The summed E-state index contributed by atoms with van der Waals surface area (Å²) in [6.45, 7) is 2.73. The predicted octanol–water partition coefficient (Wildman–Crippen LogP) is 1.07. The Morgan fingerprint density at radius 3 is 2.68 bits per heavy atom. The molecule has 1 aromatic carbocycles. The standard InChI is InChI=1S/C17H22N4O4/c1-12-9-18-11-21(16(12)22)7-6-19-17(23)20-10-13-4-5-14(24-2)15(8-13)25-3/h4-5,8-9,11H,6-7,10H2,1-3H3,(H2,19,20,23). The Balaban J connectivity index is 1.81. The number of amides is 2. The van der Waals surface area contributed by atoms with Crippen LogP contribution in [0.1, 0.15) is 11.1 Å². The van der Waals surface area contributed by atoms with Crippen LogP contribution in [0.25, 0.3) is 0 Å². The summed E-state index contributed by atoms with van der Waals surface area (Å²) >= 11 is 0. The van der Waals surface area contributed by atoms with E-state index in [4.69, 9.17) is 9.47 Å². The van der Waals surface area contributed by atoms with Crippen molar-refractivity contribution in [3.05, 3.63) is 52.2 Å². The summed E-state index contributed by atoms with van der Waals surface area (Å²) < 4.78 is 11.9. The van der Waals surface area contributed by atoms with Gasteiger partial charge < -0.3 is 20.1 Å². The van der Waals surface area contributed by atoms with Crippen LogP contribution >= 0.6 is 0 Å². The van der Waals surface area contributed by atoms with Gasteiger partial charge in [-0.2, -0.15) is 0 Å². The second-order valence-corrected chi connectivity index (χ2v) is 5.37. The van der Waals surface area contributed by atoms with Crippen molar-refractivity contribution in [1.29, 1.82) is 0 Å². The highest BCUT2D eigenvalue weighted by Crippen LogP contribution is 2.27. The number of carbonyl (C=O) groups is 1. The maximum Gasteiger partial charge on any atom is 0.315 e. The van der Waals surface area contributed by atoms with E-state index >= 15 is 0 Å². The Morgan fingerprint density at radius 1 is 1.20 bits per heavy atom. The van der Waals surface area contributed by atoms with Gasteiger partial charge in [0.15, 0.2) is 11.5 Å². The van der Waals surface area contributed by atoms with Gasteiger partial charge in [-0.25, -0.2) is 9.78 Å². The molecule has 2 rings (SSSR count). The van der Waals surface area contributed by atoms with Gasteiger partial charge in [0.25, 0.3) is 5.56 Å². The first kappa shape index (κ1) is 18.3. The largest absolute Gasteiger partial charge is 0.493 e. The molecule has 1 heterocycles. The lowest BCUT2D eigenvalue weighted by Gasteiger charge is -2.11. The molecule has 8 heteroatoms. The fraction of sp³-hybridized carbons (Fsp3) is 0.353. The molecule has 134 valence electrons. The van der Waals surface area contributed by atoms with Crippen molar-refractivity contribution in [2.75, 3.05) is 20.8 Å². The van der Waals surface area contributed by atoms with E-state index in [1.807, 2.05) is 6.07 Å². The van der Waals surface area contributed by atoms with Crippen LogP contribution in [0.5, 0.6) is 11.5 Å². The smallest absolute Gasteiger partial charge is 0.315 e. The van der Waals surface area contributed by atoms with E-state index < -0.39 is 0 Å². The van der Waals surface area contributed by atoms with Crippen LogP contribution in [0.15, 0.2) is 35.5 Å². The summed E-state index contributed by atoms with van der Waals surface area (Å²) in [7, 11) is 3.13. The SMILES string of the molecule is COc1ccc(CNC(=O)NCCn2cncc(C)c2=O)cc1OC. The van der Waals surface area contributed by atoms with Crippen LogP contribution in [-0.2, 0) is 13.1 Å². The molecule has 2 N–H and O–H groups in total. The first-order valence-corrected chi connectivity index (χ1v) is 7.78. The van der Waals surface area contributed by atoms with Crippen molar-refractivity contribution in [2.24, 2.45) is 0 Å². The molecule has 0 fully saturated rings. The van der Waals surface area contributed by atoms with Gasteiger partial charge in [-0.3, -0.25) is 9.36 Å². The zero-order valence-corrected chi connectivity index (χ0v) is 14.5. The molecule has 0 saturated carbocycles. The molecular weight excluding hydrogens is 324 g/mol. The monoisotopic (exact) mass is 346 g/mol. The number of urea groups is 1. The molecule has 0 saturated heterocycles. The van der Waals surface area contributed by atoms with Crippen molar-refractivity contribution in [2.45, 2.75) is 20.0 Å². The number of aryl methyl sites for hydroxylation is 1. The summed E-state index contributed by atoms with van der Waals surface area (Å²) in [5, 5.41) is 5.46. The minimum atomic E-state index is -0.316. The normalized spacial score (nSPS) is 10.2. The number of benzene rings is 1. The average Bonchev–Trinajstić information content (AvgIpc) is 2.63. The van der Waals surface area contributed by atoms with Crippen LogP contribution in [-0.4, -0.2) is 36.3 Å². The Kier molecular flexibility index (Phi) is 6.39. The van der Waals surface area contributed by atoms with E-state index in [1.165, 1.54) is 17.1 Å². The van der Waals surface area contributed by atoms with E-state index in [1.54, 1.807) is 33.3 Å². The van der Waals surface area contributed by atoms with E-state index in [0.29, 0.717) is 36.7 Å². The minimum absolute atomic E-state index is 0.109. The topological polar surface area (TPSA) is 94.5 Å². The zero-order valence-electron chi connectivity index (χ0n) is 14.5. The summed E-state index contributed by atoms with van der Waals surface area (Å²) in [6, 6.07) is 5.12. The number of ether oxygens (including phenoxy) is 2. The molecule has 0 spiro atoms. The van der Waals surface area contributed by atoms with Gasteiger partial charge in [-0.1, -0.05) is 6.07 Å². The highest BCUT2D eigenvalue weighted by atomic mass is 16.5. The van der Waals surface area contributed by atoms with Crippen LogP contribution in [0.2, 0.25) is 0 Å². The third-order valence-electron chi connectivity index (χ3n) is 3.61. The third-order valence-corrected chi connectivity index (χ3v) is 3.61. The number of rotatable bonds is 7. The second kappa shape index (κ2) is 8.72. The Labute approximate surface area is 145 Å². The minimum Gasteiger partial charge on any atom is -0.493 e. The van der Waals surface area contributed by atoms with Gasteiger partial charge in [-0.15, -0.1) is 0 Å². The lowest BCUT2D eigenvalue weighted by Crippen LogP contribution is -2.38. The number of hydrogen-bond donors (Lipinski definition) is 2. The molecular formula is C17H22N4O4. The van der Waals surface area contributed by atoms with Crippen LogP contribution < -0.4 is 25.7 Å². The molecule has 0 aliphatic heterocycles. The lowest BCUT2D eigenvalue weighted by atomic mass is 10.2. The third kappa shape index (κ3) is 4.97. The molecule has 2 amide bonds. The number of carbonyl (C=O) groups excluding carboxylic acids is 1. The molecule has 25 heavy (non-hydrogen) atoms. The fourth-order valence-corrected chi connectivity index (χ4v) is 2.24. The highest BCUT2D eigenvalue weighted by Gasteiger charge is 2.06. The predicted molar refractivity (Wildman–Crippen MR) is 93.0 cm³/mol. The molecule has 0 atom stereocenters. The quantitative estimate of drug-likeness (QED) is 0.782. The van der Waals surface area contributed by atoms with E-state index in [2.05, 4.69) is 15.6 Å². The van der Waals surface area contributed by atoms with E-state index in [0.717, 1.165) is 5.56 Å². The summed E-state index contributed by atoms with van der Waals surface area (Å²) in [5.74, 6) is 1.24. The summed E-state index contributed by atoms with van der Waals surface area (Å²) in [6.07, 6.45) is 2.97. The molecule has 0 aliphatic carbocycles. The summed E-state index contributed by atoms with van der Waals surface area (Å²) in [5.41, 5.74) is 1.34. The number of methoxy groups -OCH3 is 2. The lowest BCUT2D eigenvalue weighted by molar-refractivity contribution is 0.240. The van der Waals surface area contributed by atoms with Crippen molar-refractivity contribution >= 4 is 6.03 Å². The van der Waals surface area contributed by atoms with Crippen molar-refractivity contribution in [3.63, 3.8) is 0 Å². The van der Waals surface area contributed by atoms with Crippen molar-refractivity contribution in [3.8, 4) is 11.5 Å². The molecule has 0 aliphatic rings. The second-order valence-electron chi connectivity index (χ2n) is 5.37. The molecule has 0 unspecified atom stereocenters. The summed E-state index contributed by atoms with van der Waals surface area (Å²) in [4.78, 5) is 27.7. The molecule has 1 aromatic heterocycles. The Morgan fingerprint density at radius 2 is 1.96 bits per heavy atom. The maximum absolute atomic E-state index is 11.9. The maximum atomic E-state index is 11.9. The van der Waals surface area contributed by atoms with E-state index in [9.17, 15) is 9.59 Å². The number of nitrogens with one attached hydrogen (secondary N) is 2. The Hall–Kier alpha value is -3.03. The highest BCUT2D eigenvalue weighted by molar-refractivity contribution is 5.73. The fourth-order valence-electron chi connectivity index (χ4n) is 2.24. The number of nitrogens with zero attached hydrogens (tertiary/aromatic N) is 2. The average molecular weight is 346 g/mol. The van der Waals surface area contributed by atoms with Gasteiger partial charge in [0, 0.05) is 31.4 Å². The molecule has 2 aromatic rings. The first-order chi connectivity index (χ1) is 12.0. The first-order valence-electron chi connectivity index (χ1n) is 7.78. The van der Waals surface area contributed by atoms with E-state index in [-0.39, 0.29) is 11.6 Å². The number of aromatic nitrogens is 2. The van der Waals surface area contributed by atoms with Gasteiger partial charge >= 0.3 is 6.03 Å². The van der Waals surface area contributed by atoms with Crippen molar-refractivity contribution in [1.82, 2.24) is 20.2 Å². The van der Waals surface area contributed by atoms with Gasteiger partial charge in [0.2, 0.25) is 0 Å². The van der Waals surface area contributed by atoms with Crippen LogP contribution in [0, 0.1) is 6.92 Å². The number of hydrogen-bond acceptors (Lipinski definition) is 5.